The Balaban J connectivity index is 1.49. The van der Waals surface area contributed by atoms with Gasteiger partial charge in [0, 0.05) is 38.2 Å². The molecule has 1 aliphatic rings. The lowest BCUT2D eigenvalue weighted by atomic mass is 10.1. The van der Waals surface area contributed by atoms with Crippen LogP contribution in [0.1, 0.15) is 35.7 Å². The Kier molecular flexibility index (Phi) is 8.69. The summed E-state index contributed by atoms with van der Waals surface area (Å²) in [5.41, 5.74) is 1.59. The summed E-state index contributed by atoms with van der Waals surface area (Å²) in [5.74, 6) is 1.10. The molecule has 0 atom stereocenters. The number of methoxy groups -OCH3 is 1. The molecule has 8 heteroatoms. The zero-order valence-corrected chi connectivity index (χ0v) is 19.1. The molecule has 2 amide bonds. The minimum absolute atomic E-state index is 0.0978. The summed E-state index contributed by atoms with van der Waals surface area (Å²) in [7, 11) is 1.63. The third kappa shape index (κ3) is 6.97. The molecular weight excluding hydrogens is 424 g/mol. The van der Waals surface area contributed by atoms with E-state index in [1.807, 2.05) is 29.2 Å². The lowest BCUT2D eigenvalue weighted by Gasteiger charge is -2.22. The van der Waals surface area contributed by atoms with Crippen molar-refractivity contribution < 1.29 is 28.6 Å². The van der Waals surface area contributed by atoms with Crippen molar-refractivity contribution in [1.82, 2.24) is 9.80 Å². The number of hydrogen-bond donors (Lipinski definition) is 0. The molecule has 0 aliphatic carbocycles. The molecule has 2 aromatic rings. The topological polar surface area (TPSA) is 85.4 Å². The Labute approximate surface area is 194 Å². The normalized spacial score (nSPS) is 13.8. The van der Waals surface area contributed by atoms with E-state index in [4.69, 9.17) is 14.2 Å². The molecule has 8 nitrogen and oxygen atoms in total. The first-order valence-corrected chi connectivity index (χ1v) is 11.1. The number of aryl methyl sites for hydroxylation is 1. The van der Waals surface area contributed by atoms with Gasteiger partial charge in [-0.25, -0.2) is 4.79 Å². The van der Waals surface area contributed by atoms with Gasteiger partial charge in [-0.1, -0.05) is 12.1 Å². The van der Waals surface area contributed by atoms with E-state index in [0.717, 1.165) is 17.7 Å². The van der Waals surface area contributed by atoms with Crippen molar-refractivity contribution >= 4 is 18.0 Å². The van der Waals surface area contributed by atoms with Gasteiger partial charge in [0.2, 0.25) is 5.91 Å². The van der Waals surface area contributed by atoms with Gasteiger partial charge in [-0.05, 0) is 61.7 Å². The lowest BCUT2D eigenvalue weighted by molar-refractivity contribution is -0.131. The fourth-order valence-corrected chi connectivity index (χ4v) is 3.66. The van der Waals surface area contributed by atoms with Crippen molar-refractivity contribution in [3.63, 3.8) is 0 Å². The van der Waals surface area contributed by atoms with Gasteiger partial charge in [-0.2, -0.15) is 0 Å². The summed E-state index contributed by atoms with van der Waals surface area (Å²) in [6, 6.07) is 14.1. The van der Waals surface area contributed by atoms with Crippen LogP contribution in [0.2, 0.25) is 0 Å². The molecule has 1 aliphatic heterocycles. The molecular formula is C25H30N2O6. The molecule has 3 rings (SSSR count). The second-order valence-electron chi connectivity index (χ2n) is 7.68. The van der Waals surface area contributed by atoms with E-state index < -0.39 is 6.16 Å². The summed E-state index contributed by atoms with van der Waals surface area (Å²) < 4.78 is 14.9. The number of nitrogens with zero attached hydrogens (tertiary/aromatic N) is 2. The largest absolute Gasteiger partial charge is 0.513 e. The van der Waals surface area contributed by atoms with Crippen LogP contribution >= 0.6 is 0 Å². The minimum atomic E-state index is -0.777. The van der Waals surface area contributed by atoms with Crippen molar-refractivity contribution in [2.45, 2.75) is 26.2 Å². The van der Waals surface area contributed by atoms with Crippen LogP contribution in [0, 0.1) is 0 Å². The summed E-state index contributed by atoms with van der Waals surface area (Å²) in [4.78, 5) is 40.6. The Morgan fingerprint density at radius 1 is 0.848 bits per heavy atom. The van der Waals surface area contributed by atoms with Gasteiger partial charge in [0.1, 0.15) is 11.5 Å². The highest BCUT2D eigenvalue weighted by atomic mass is 16.7. The molecule has 1 fully saturated rings. The van der Waals surface area contributed by atoms with Crippen molar-refractivity contribution in [3.8, 4) is 11.5 Å². The highest BCUT2D eigenvalue weighted by molar-refractivity contribution is 5.94. The Morgan fingerprint density at radius 2 is 1.48 bits per heavy atom. The first-order chi connectivity index (χ1) is 16.0. The van der Waals surface area contributed by atoms with Crippen LogP contribution in [0.3, 0.4) is 0 Å². The SMILES string of the molecule is CCOC(=O)Oc1ccc(C(=O)N2CCCN(C(=O)CCc3ccc(OC)cc3)CC2)cc1. The summed E-state index contributed by atoms with van der Waals surface area (Å²) >= 11 is 0. The van der Waals surface area contributed by atoms with E-state index in [-0.39, 0.29) is 18.4 Å². The third-order valence-electron chi connectivity index (χ3n) is 5.49. The minimum Gasteiger partial charge on any atom is -0.497 e. The lowest BCUT2D eigenvalue weighted by Crippen LogP contribution is -2.37. The van der Waals surface area contributed by atoms with Crippen LogP contribution in [-0.2, 0) is 16.0 Å². The Hall–Kier alpha value is -3.55. The summed E-state index contributed by atoms with van der Waals surface area (Å²) in [5, 5.41) is 0. The number of hydrogen-bond acceptors (Lipinski definition) is 6. The monoisotopic (exact) mass is 454 g/mol. The van der Waals surface area contributed by atoms with Crippen LogP contribution in [0.4, 0.5) is 4.79 Å². The molecule has 0 spiro atoms. The van der Waals surface area contributed by atoms with Crippen LogP contribution in [-0.4, -0.2) is 67.7 Å². The summed E-state index contributed by atoms with van der Waals surface area (Å²) in [6.45, 7) is 4.14. The third-order valence-corrected chi connectivity index (χ3v) is 5.49. The van der Waals surface area contributed by atoms with Crippen molar-refractivity contribution in [2.24, 2.45) is 0 Å². The molecule has 2 aromatic carbocycles. The maximum absolute atomic E-state index is 12.9. The highest BCUT2D eigenvalue weighted by Gasteiger charge is 2.23. The maximum Gasteiger partial charge on any atom is 0.513 e. The van der Waals surface area contributed by atoms with Gasteiger partial charge >= 0.3 is 6.16 Å². The van der Waals surface area contributed by atoms with E-state index in [1.165, 1.54) is 0 Å². The molecule has 33 heavy (non-hydrogen) atoms. The number of rotatable bonds is 7. The Bertz CT molecular complexity index is 942. The predicted molar refractivity (Wildman–Crippen MR) is 123 cm³/mol. The molecule has 176 valence electrons. The molecule has 1 heterocycles. The van der Waals surface area contributed by atoms with Crippen molar-refractivity contribution in [1.29, 1.82) is 0 Å². The van der Waals surface area contributed by atoms with E-state index in [9.17, 15) is 14.4 Å². The average Bonchev–Trinajstić information content (AvgIpc) is 3.09. The molecule has 0 saturated carbocycles. The summed E-state index contributed by atoms with van der Waals surface area (Å²) in [6.07, 6.45) is 1.05. The molecule has 0 bridgehead atoms. The van der Waals surface area contributed by atoms with E-state index in [0.29, 0.717) is 50.3 Å². The van der Waals surface area contributed by atoms with Gasteiger partial charge < -0.3 is 24.0 Å². The molecule has 0 N–H and O–H groups in total. The predicted octanol–water partition coefficient (Wildman–Crippen LogP) is 3.54. The first kappa shape index (κ1) is 24.1. The molecule has 0 aromatic heterocycles. The quantitative estimate of drug-likeness (QED) is 0.470. The van der Waals surface area contributed by atoms with Crippen LogP contribution in [0.25, 0.3) is 0 Å². The fourth-order valence-electron chi connectivity index (χ4n) is 3.66. The number of carbonyl (C=O) groups excluding carboxylic acids is 3. The van der Waals surface area contributed by atoms with Crippen LogP contribution in [0.5, 0.6) is 11.5 Å². The van der Waals surface area contributed by atoms with Gasteiger partial charge in [0.05, 0.1) is 13.7 Å². The van der Waals surface area contributed by atoms with Crippen molar-refractivity contribution in [2.75, 3.05) is 39.9 Å². The zero-order valence-electron chi connectivity index (χ0n) is 19.1. The standard InChI is InChI=1S/C25H30N2O6/c1-3-32-25(30)33-22-12-8-20(9-13-22)24(29)27-16-4-15-26(17-18-27)23(28)14-7-19-5-10-21(31-2)11-6-19/h5-6,8-13H,3-4,7,14-18H2,1-2H3. The Morgan fingerprint density at radius 3 is 2.15 bits per heavy atom. The van der Waals surface area contributed by atoms with Gasteiger partial charge in [-0.3, -0.25) is 9.59 Å². The van der Waals surface area contributed by atoms with Crippen molar-refractivity contribution in [3.05, 3.63) is 59.7 Å². The molecule has 0 radical (unpaired) electrons. The van der Waals surface area contributed by atoms with Crippen LogP contribution < -0.4 is 9.47 Å². The van der Waals surface area contributed by atoms with Gasteiger partial charge in [0.25, 0.3) is 5.91 Å². The number of benzene rings is 2. The average molecular weight is 455 g/mol. The zero-order chi connectivity index (χ0) is 23.6. The number of carbonyl (C=O) groups is 3. The maximum atomic E-state index is 12.9. The second-order valence-corrected chi connectivity index (χ2v) is 7.68. The number of amides is 2. The van der Waals surface area contributed by atoms with Gasteiger partial charge in [-0.15, -0.1) is 0 Å². The van der Waals surface area contributed by atoms with Gasteiger partial charge in [0.15, 0.2) is 0 Å². The fraction of sp³-hybridized carbons (Fsp3) is 0.400. The highest BCUT2D eigenvalue weighted by Crippen LogP contribution is 2.17. The van der Waals surface area contributed by atoms with E-state index in [2.05, 4.69) is 0 Å². The first-order valence-electron chi connectivity index (χ1n) is 11.1. The smallest absolute Gasteiger partial charge is 0.497 e. The molecule has 1 saturated heterocycles. The second kappa shape index (κ2) is 11.9. The van der Waals surface area contributed by atoms with E-state index >= 15 is 0 Å². The van der Waals surface area contributed by atoms with Crippen LogP contribution in [0.15, 0.2) is 48.5 Å². The number of ether oxygens (including phenoxy) is 3. The van der Waals surface area contributed by atoms with E-state index in [1.54, 1.807) is 43.2 Å². The molecule has 0 unspecified atom stereocenters.